The monoisotopic (exact) mass is 518 g/mol. The number of halogens is 3. The second kappa shape index (κ2) is 9.84. The molecule has 190 valence electrons. The summed E-state index contributed by atoms with van der Waals surface area (Å²) in [6.45, 7) is 6.19. The number of rotatable bonds is 8. The highest BCUT2D eigenvalue weighted by Crippen LogP contribution is 2.39. The number of amides is 3. The van der Waals surface area contributed by atoms with E-state index in [-0.39, 0.29) is 28.9 Å². The third kappa shape index (κ3) is 5.18. The van der Waals surface area contributed by atoms with Gasteiger partial charge < -0.3 is 4.90 Å². The first-order valence-electron chi connectivity index (χ1n) is 11.2. The molecule has 0 unspecified atom stereocenters. The van der Waals surface area contributed by atoms with E-state index in [1.54, 1.807) is 38.6 Å². The Bertz CT molecular complexity index is 1230. The van der Waals surface area contributed by atoms with E-state index in [1.165, 1.54) is 29.2 Å². The van der Waals surface area contributed by atoms with E-state index in [9.17, 15) is 22.8 Å². The minimum Gasteiger partial charge on any atom is -0.305 e. The average molecular weight is 519 g/mol. The number of anilines is 2. The van der Waals surface area contributed by atoms with Crippen molar-refractivity contribution in [2.75, 3.05) is 16.5 Å². The van der Waals surface area contributed by atoms with Crippen LogP contribution in [0.5, 0.6) is 0 Å². The molecule has 0 atom stereocenters. The minimum atomic E-state index is -4.42. The maximum atomic E-state index is 13.4. The van der Waals surface area contributed by atoms with Gasteiger partial charge >= 0.3 is 11.5 Å². The minimum absolute atomic E-state index is 0.0275. The van der Waals surface area contributed by atoms with E-state index in [4.69, 9.17) is 0 Å². The summed E-state index contributed by atoms with van der Waals surface area (Å²) in [6, 6.07) is 8.29. The topological polar surface area (TPSA) is 74.6 Å². The van der Waals surface area contributed by atoms with Crippen LogP contribution in [0.25, 0.3) is 0 Å². The van der Waals surface area contributed by atoms with E-state index in [1.807, 2.05) is 28.9 Å². The number of nitrogens with zero attached hydrogens (tertiary/aromatic N) is 6. The summed E-state index contributed by atoms with van der Waals surface area (Å²) in [6.07, 6.45) is 7.67. The molecule has 1 aliphatic heterocycles. The zero-order valence-electron chi connectivity index (χ0n) is 19.9. The fourth-order valence-corrected chi connectivity index (χ4v) is 4.50. The van der Waals surface area contributed by atoms with Gasteiger partial charge in [-0.1, -0.05) is 6.92 Å². The standard InChI is InChI=1S/C24H25F3N6O2S/c1-4-12-32(30-13-11-28-16-30)20-14-17(9-10-29-20)15-31-22(35)33(21(34)23(31,2)3)18-5-7-19(8-6-18)36-24(25,26)27/h5-11,13-14,16H,4,12,15H2,1-3H3. The van der Waals surface area contributed by atoms with Gasteiger partial charge in [0.25, 0.3) is 5.91 Å². The SMILES string of the molecule is CCCN(c1cc(CN2C(=O)N(c3ccc(SC(F)(F)F)cc3)C(=O)C2(C)C)ccn1)n1ccnc1. The maximum Gasteiger partial charge on any atom is 0.446 e. The molecule has 0 saturated carbocycles. The van der Waals surface area contributed by atoms with Gasteiger partial charge in [0, 0.05) is 36.6 Å². The van der Waals surface area contributed by atoms with Gasteiger partial charge in [-0.2, -0.15) is 13.2 Å². The Labute approximate surface area is 210 Å². The lowest BCUT2D eigenvalue weighted by molar-refractivity contribution is -0.123. The molecule has 0 bridgehead atoms. The van der Waals surface area contributed by atoms with Crippen LogP contribution in [0.2, 0.25) is 0 Å². The highest BCUT2D eigenvalue weighted by Gasteiger charge is 2.51. The highest BCUT2D eigenvalue weighted by atomic mass is 32.2. The van der Waals surface area contributed by atoms with E-state index >= 15 is 0 Å². The van der Waals surface area contributed by atoms with Crippen LogP contribution < -0.4 is 9.91 Å². The second-order valence-electron chi connectivity index (χ2n) is 8.70. The summed E-state index contributed by atoms with van der Waals surface area (Å²) >= 11 is -0.253. The van der Waals surface area contributed by atoms with Crippen molar-refractivity contribution in [3.63, 3.8) is 0 Å². The average Bonchev–Trinajstić information content (AvgIpc) is 3.40. The molecule has 1 saturated heterocycles. The van der Waals surface area contributed by atoms with E-state index in [2.05, 4.69) is 9.97 Å². The van der Waals surface area contributed by atoms with E-state index < -0.39 is 23.0 Å². The van der Waals surface area contributed by atoms with Gasteiger partial charge in [-0.25, -0.2) is 24.3 Å². The molecule has 0 spiro atoms. The van der Waals surface area contributed by atoms with Crippen molar-refractivity contribution in [3.05, 3.63) is 66.9 Å². The Morgan fingerprint density at radius 1 is 1.08 bits per heavy atom. The molecule has 0 radical (unpaired) electrons. The van der Waals surface area contributed by atoms with Crippen LogP contribution in [0.1, 0.15) is 32.8 Å². The predicted molar refractivity (Wildman–Crippen MR) is 130 cm³/mol. The van der Waals surface area contributed by atoms with Crippen LogP contribution >= 0.6 is 11.8 Å². The normalized spacial score (nSPS) is 15.6. The summed E-state index contributed by atoms with van der Waals surface area (Å²) in [5.41, 5.74) is -4.59. The third-order valence-electron chi connectivity index (χ3n) is 5.77. The van der Waals surface area contributed by atoms with Gasteiger partial charge in [-0.3, -0.25) is 9.80 Å². The lowest BCUT2D eigenvalue weighted by Crippen LogP contribution is -2.43. The number of carbonyl (C=O) groups excluding carboxylic acids is 2. The number of imide groups is 1. The van der Waals surface area contributed by atoms with Gasteiger partial charge in [-0.15, -0.1) is 0 Å². The zero-order valence-corrected chi connectivity index (χ0v) is 20.8. The number of thioether (sulfide) groups is 1. The van der Waals surface area contributed by atoms with Gasteiger partial charge in [0.1, 0.15) is 17.7 Å². The molecule has 1 aromatic carbocycles. The molecular formula is C24H25F3N6O2S. The molecular weight excluding hydrogens is 493 g/mol. The number of alkyl halides is 3. The van der Waals surface area contributed by atoms with Crippen molar-refractivity contribution >= 4 is 35.2 Å². The number of benzene rings is 1. The van der Waals surface area contributed by atoms with Crippen molar-refractivity contribution in [2.24, 2.45) is 0 Å². The first-order valence-corrected chi connectivity index (χ1v) is 12.1. The number of carbonyl (C=O) groups is 2. The third-order valence-corrected chi connectivity index (χ3v) is 6.51. The van der Waals surface area contributed by atoms with Crippen LogP contribution in [0.4, 0.5) is 29.5 Å². The van der Waals surface area contributed by atoms with E-state index in [0.29, 0.717) is 12.4 Å². The summed E-state index contributed by atoms with van der Waals surface area (Å²) in [5.74, 6) is 0.210. The number of hydrogen-bond acceptors (Lipinski definition) is 6. The fourth-order valence-electron chi connectivity index (χ4n) is 3.96. The Morgan fingerprint density at radius 2 is 1.81 bits per heavy atom. The first kappa shape index (κ1) is 25.5. The maximum absolute atomic E-state index is 13.4. The lowest BCUT2D eigenvalue weighted by atomic mass is 10.0. The fraction of sp³-hybridized carbons (Fsp3) is 0.333. The van der Waals surface area contributed by atoms with Gasteiger partial charge in [0.2, 0.25) is 0 Å². The summed E-state index contributed by atoms with van der Waals surface area (Å²) in [7, 11) is 0. The molecule has 12 heteroatoms. The molecule has 2 aromatic heterocycles. The number of imidazole rings is 1. The molecule has 36 heavy (non-hydrogen) atoms. The van der Waals surface area contributed by atoms with Crippen molar-refractivity contribution in [1.29, 1.82) is 0 Å². The largest absolute Gasteiger partial charge is 0.446 e. The van der Waals surface area contributed by atoms with Crippen LogP contribution in [-0.2, 0) is 11.3 Å². The van der Waals surface area contributed by atoms with Crippen LogP contribution in [-0.4, -0.2) is 49.1 Å². The molecule has 3 amide bonds. The van der Waals surface area contributed by atoms with Crippen molar-refractivity contribution in [3.8, 4) is 0 Å². The number of aromatic nitrogens is 3. The Kier molecular flexibility index (Phi) is 6.98. The Hall–Kier alpha value is -3.54. The van der Waals surface area contributed by atoms with Crippen molar-refractivity contribution < 1.29 is 22.8 Å². The first-order chi connectivity index (χ1) is 17.0. The number of urea groups is 1. The molecule has 0 aliphatic carbocycles. The van der Waals surface area contributed by atoms with Crippen molar-refractivity contribution in [2.45, 2.75) is 49.7 Å². The summed E-state index contributed by atoms with van der Waals surface area (Å²) in [5, 5.41) is 1.95. The van der Waals surface area contributed by atoms with Gasteiger partial charge in [0.05, 0.1) is 5.69 Å². The van der Waals surface area contributed by atoms with E-state index in [0.717, 1.165) is 16.9 Å². The quantitative estimate of drug-likeness (QED) is 0.297. The molecule has 3 aromatic rings. The number of pyridine rings is 1. The summed E-state index contributed by atoms with van der Waals surface area (Å²) < 4.78 is 39.8. The Morgan fingerprint density at radius 3 is 2.42 bits per heavy atom. The summed E-state index contributed by atoms with van der Waals surface area (Å²) in [4.78, 5) is 37.6. The molecule has 8 nitrogen and oxygen atoms in total. The van der Waals surface area contributed by atoms with Crippen LogP contribution in [0.3, 0.4) is 0 Å². The number of hydrogen-bond donors (Lipinski definition) is 0. The zero-order chi connectivity index (χ0) is 26.1. The smallest absolute Gasteiger partial charge is 0.305 e. The molecule has 0 N–H and O–H groups in total. The Balaban J connectivity index is 1.58. The molecule has 1 aliphatic rings. The van der Waals surface area contributed by atoms with Crippen LogP contribution in [0.15, 0.2) is 66.2 Å². The molecule has 4 rings (SSSR count). The predicted octanol–water partition coefficient (Wildman–Crippen LogP) is 5.32. The van der Waals surface area contributed by atoms with Crippen LogP contribution in [0, 0.1) is 0 Å². The molecule has 3 heterocycles. The highest BCUT2D eigenvalue weighted by molar-refractivity contribution is 8.00. The van der Waals surface area contributed by atoms with Crippen molar-refractivity contribution in [1.82, 2.24) is 19.5 Å². The van der Waals surface area contributed by atoms with Gasteiger partial charge in [-0.05, 0) is 74.0 Å². The van der Waals surface area contributed by atoms with Gasteiger partial charge in [0.15, 0.2) is 0 Å². The lowest BCUT2D eigenvalue weighted by Gasteiger charge is -2.28. The molecule has 1 fully saturated rings. The second-order valence-corrected chi connectivity index (χ2v) is 9.84.